The molecule has 0 aliphatic carbocycles. The Labute approximate surface area is 131 Å². The van der Waals surface area contributed by atoms with E-state index in [9.17, 15) is 19.4 Å². The number of hydrogen-bond donors (Lipinski definition) is 2. The van der Waals surface area contributed by atoms with Crippen LogP contribution in [0.1, 0.15) is 12.5 Å². The Balaban J connectivity index is 1.88. The second-order valence-corrected chi connectivity index (χ2v) is 5.66. The molecular formula is C16H17FO6. The van der Waals surface area contributed by atoms with Crippen molar-refractivity contribution in [3.05, 3.63) is 40.2 Å². The summed E-state index contributed by atoms with van der Waals surface area (Å²) >= 11 is 0. The summed E-state index contributed by atoms with van der Waals surface area (Å²) in [4.78, 5) is 11.4. The van der Waals surface area contributed by atoms with Crippen LogP contribution in [0.2, 0.25) is 0 Å². The van der Waals surface area contributed by atoms with Gasteiger partial charge in [0.05, 0.1) is 6.10 Å². The summed E-state index contributed by atoms with van der Waals surface area (Å²) in [6.07, 6.45) is -6.95. The molecule has 23 heavy (non-hydrogen) atoms. The van der Waals surface area contributed by atoms with Crippen LogP contribution in [0.3, 0.4) is 0 Å². The Bertz CT molecular complexity index is 773. The average molecular weight is 324 g/mol. The number of fused-ring (bicyclic) bond motifs is 1. The fourth-order valence-electron chi connectivity index (χ4n) is 2.60. The number of aliphatic hydroxyl groups is 2. The number of aliphatic hydroxyl groups excluding tert-OH is 2. The zero-order valence-electron chi connectivity index (χ0n) is 12.6. The molecule has 1 aliphatic heterocycles. The topological polar surface area (TPSA) is 89.1 Å². The summed E-state index contributed by atoms with van der Waals surface area (Å²) in [5.41, 5.74) is 0.612. The standard InChI is InChI=1S/C16H17FO6/c1-7-5-12(18)23-11-6-9(3-4-10(7)11)22-16-15(20)14(19)13(17)8(2)21-16/h3-6,8,13-16,19-20H,1-2H3/t8-,13+,14+,15-,16-/m0/s1. The number of rotatable bonds is 2. The first kappa shape index (κ1) is 15.9. The van der Waals surface area contributed by atoms with E-state index in [1.54, 1.807) is 19.1 Å². The summed E-state index contributed by atoms with van der Waals surface area (Å²) < 4.78 is 29.4. The highest BCUT2D eigenvalue weighted by Crippen LogP contribution is 2.28. The lowest BCUT2D eigenvalue weighted by atomic mass is 10.0. The second kappa shape index (κ2) is 5.92. The van der Waals surface area contributed by atoms with E-state index in [4.69, 9.17) is 13.9 Å². The number of aryl methyl sites for hydroxylation is 1. The van der Waals surface area contributed by atoms with Crippen molar-refractivity contribution < 1.29 is 28.5 Å². The minimum absolute atomic E-state index is 0.270. The van der Waals surface area contributed by atoms with Crippen LogP contribution in [-0.4, -0.2) is 41.0 Å². The van der Waals surface area contributed by atoms with Gasteiger partial charge in [0.1, 0.15) is 23.5 Å². The van der Waals surface area contributed by atoms with Crippen LogP contribution in [-0.2, 0) is 4.74 Å². The molecule has 2 aromatic rings. The van der Waals surface area contributed by atoms with Crippen LogP contribution in [0.4, 0.5) is 4.39 Å². The molecule has 1 aromatic heterocycles. The molecule has 1 aromatic carbocycles. The van der Waals surface area contributed by atoms with Crippen molar-refractivity contribution in [2.24, 2.45) is 0 Å². The molecule has 3 rings (SSSR count). The Kier molecular flexibility index (Phi) is 4.09. The molecule has 1 fully saturated rings. The third kappa shape index (κ3) is 2.95. The first-order chi connectivity index (χ1) is 10.9. The maximum Gasteiger partial charge on any atom is 0.336 e. The summed E-state index contributed by atoms with van der Waals surface area (Å²) in [5.74, 6) is 0.270. The van der Waals surface area contributed by atoms with Crippen LogP contribution >= 0.6 is 0 Å². The fourth-order valence-corrected chi connectivity index (χ4v) is 2.60. The molecule has 1 saturated heterocycles. The Morgan fingerprint density at radius 1 is 1.22 bits per heavy atom. The molecule has 1 aliphatic rings. The summed E-state index contributed by atoms with van der Waals surface area (Å²) in [5, 5.41) is 20.3. The minimum atomic E-state index is -1.69. The molecule has 5 atom stereocenters. The average Bonchev–Trinajstić information content (AvgIpc) is 2.50. The summed E-state index contributed by atoms with van der Waals surface area (Å²) in [6.45, 7) is 3.23. The van der Waals surface area contributed by atoms with Crippen molar-refractivity contribution in [3.8, 4) is 5.75 Å². The van der Waals surface area contributed by atoms with Crippen LogP contribution < -0.4 is 10.4 Å². The van der Waals surface area contributed by atoms with Gasteiger partial charge in [-0.1, -0.05) is 0 Å². The highest BCUT2D eigenvalue weighted by Gasteiger charge is 2.44. The quantitative estimate of drug-likeness (QED) is 0.809. The predicted molar refractivity (Wildman–Crippen MR) is 79.1 cm³/mol. The highest BCUT2D eigenvalue weighted by atomic mass is 19.1. The van der Waals surface area contributed by atoms with Gasteiger partial charge in [0.25, 0.3) is 0 Å². The van der Waals surface area contributed by atoms with Gasteiger partial charge >= 0.3 is 5.63 Å². The largest absolute Gasteiger partial charge is 0.462 e. The first-order valence-electron chi connectivity index (χ1n) is 7.23. The van der Waals surface area contributed by atoms with Gasteiger partial charge in [0.15, 0.2) is 6.17 Å². The maximum absolute atomic E-state index is 13.6. The van der Waals surface area contributed by atoms with Crippen molar-refractivity contribution in [3.63, 3.8) is 0 Å². The molecular weight excluding hydrogens is 307 g/mol. The van der Waals surface area contributed by atoms with E-state index in [1.165, 1.54) is 19.1 Å². The van der Waals surface area contributed by atoms with Gasteiger partial charge in [-0.05, 0) is 31.5 Å². The van der Waals surface area contributed by atoms with Crippen molar-refractivity contribution in [1.82, 2.24) is 0 Å². The van der Waals surface area contributed by atoms with E-state index in [-0.39, 0.29) is 5.75 Å². The van der Waals surface area contributed by atoms with Gasteiger partial charge < -0.3 is 24.1 Å². The third-order valence-electron chi connectivity index (χ3n) is 3.93. The highest BCUT2D eigenvalue weighted by molar-refractivity contribution is 5.81. The maximum atomic E-state index is 13.6. The van der Waals surface area contributed by atoms with E-state index in [0.29, 0.717) is 5.58 Å². The Morgan fingerprint density at radius 2 is 1.96 bits per heavy atom. The van der Waals surface area contributed by atoms with Crippen LogP contribution in [0.25, 0.3) is 11.0 Å². The lowest BCUT2D eigenvalue weighted by molar-refractivity contribution is -0.255. The molecule has 2 heterocycles. The van der Waals surface area contributed by atoms with Crippen molar-refractivity contribution in [2.75, 3.05) is 0 Å². The Morgan fingerprint density at radius 3 is 2.70 bits per heavy atom. The molecule has 7 heteroatoms. The van der Waals surface area contributed by atoms with E-state index in [1.807, 2.05) is 0 Å². The molecule has 0 spiro atoms. The summed E-state index contributed by atoms with van der Waals surface area (Å²) in [6, 6.07) is 6.19. The van der Waals surface area contributed by atoms with Gasteiger partial charge in [0.2, 0.25) is 6.29 Å². The van der Waals surface area contributed by atoms with Crippen LogP contribution in [0.15, 0.2) is 33.5 Å². The van der Waals surface area contributed by atoms with E-state index in [2.05, 4.69) is 0 Å². The lowest BCUT2D eigenvalue weighted by Crippen LogP contribution is -2.56. The molecule has 0 bridgehead atoms. The van der Waals surface area contributed by atoms with E-state index >= 15 is 0 Å². The minimum Gasteiger partial charge on any atom is -0.462 e. The SMILES string of the molecule is Cc1cc(=O)oc2cc(O[C@@H]3O[C@@H](C)[C@@H](F)[C@@H](O)[C@@H]3O)ccc12. The number of hydrogen-bond acceptors (Lipinski definition) is 6. The smallest absolute Gasteiger partial charge is 0.336 e. The monoisotopic (exact) mass is 324 g/mol. The zero-order valence-corrected chi connectivity index (χ0v) is 12.6. The summed E-state index contributed by atoms with van der Waals surface area (Å²) in [7, 11) is 0. The number of benzene rings is 1. The predicted octanol–water partition coefficient (Wildman–Crippen LogP) is 1.28. The molecule has 124 valence electrons. The van der Waals surface area contributed by atoms with Crippen LogP contribution in [0, 0.1) is 6.92 Å². The van der Waals surface area contributed by atoms with Gasteiger partial charge in [-0.15, -0.1) is 0 Å². The molecule has 0 amide bonds. The van der Waals surface area contributed by atoms with E-state index < -0.39 is 36.4 Å². The number of ether oxygens (including phenoxy) is 2. The van der Waals surface area contributed by atoms with Gasteiger partial charge in [0, 0.05) is 17.5 Å². The molecule has 2 N–H and O–H groups in total. The zero-order chi connectivity index (χ0) is 16.7. The second-order valence-electron chi connectivity index (χ2n) is 5.66. The number of alkyl halides is 1. The molecule has 0 radical (unpaired) electrons. The normalized spacial score (nSPS) is 31.3. The van der Waals surface area contributed by atoms with E-state index in [0.717, 1.165) is 10.9 Å². The van der Waals surface area contributed by atoms with Gasteiger partial charge in [-0.2, -0.15) is 0 Å². The first-order valence-corrected chi connectivity index (χ1v) is 7.23. The van der Waals surface area contributed by atoms with Crippen molar-refractivity contribution in [2.45, 2.75) is 44.6 Å². The molecule has 6 nitrogen and oxygen atoms in total. The third-order valence-corrected chi connectivity index (χ3v) is 3.93. The van der Waals surface area contributed by atoms with Crippen LogP contribution in [0.5, 0.6) is 5.75 Å². The molecule has 0 saturated carbocycles. The van der Waals surface area contributed by atoms with Crippen molar-refractivity contribution in [1.29, 1.82) is 0 Å². The van der Waals surface area contributed by atoms with Gasteiger partial charge in [-0.3, -0.25) is 0 Å². The fraction of sp³-hybridized carbons (Fsp3) is 0.438. The molecule has 0 unspecified atom stereocenters. The Hall–Kier alpha value is -1.96. The number of halogens is 1. The van der Waals surface area contributed by atoms with Gasteiger partial charge in [-0.25, -0.2) is 9.18 Å². The lowest BCUT2D eigenvalue weighted by Gasteiger charge is -2.37. The van der Waals surface area contributed by atoms with Crippen molar-refractivity contribution >= 4 is 11.0 Å².